The summed E-state index contributed by atoms with van der Waals surface area (Å²) >= 11 is 0. The summed E-state index contributed by atoms with van der Waals surface area (Å²) < 4.78 is 11.3. The van der Waals surface area contributed by atoms with Crippen LogP contribution in [0.4, 0.5) is 0 Å². The van der Waals surface area contributed by atoms with Gasteiger partial charge in [-0.1, -0.05) is 0 Å². The van der Waals surface area contributed by atoms with Crippen LogP contribution in [-0.2, 0) is 11.3 Å². The predicted octanol–water partition coefficient (Wildman–Crippen LogP) is 2.61. The summed E-state index contributed by atoms with van der Waals surface area (Å²) in [7, 11) is 0. The van der Waals surface area contributed by atoms with Crippen molar-refractivity contribution in [3.8, 4) is 5.88 Å². The first-order chi connectivity index (χ1) is 14.3. The zero-order valence-electron chi connectivity index (χ0n) is 18.1. The molecule has 7 nitrogen and oxygen atoms in total. The van der Waals surface area contributed by atoms with E-state index in [1.807, 2.05) is 18.3 Å². The molecular weight excluding hydrogens is 493 g/mol. The average Bonchev–Trinajstić information content (AvgIpc) is 3.48. The van der Waals surface area contributed by atoms with Crippen molar-refractivity contribution in [3.05, 3.63) is 23.9 Å². The molecule has 2 aliphatic heterocycles. The Bertz CT molecular complexity index is 679. The summed E-state index contributed by atoms with van der Waals surface area (Å²) in [6, 6.07) is 4.06. The van der Waals surface area contributed by atoms with E-state index in [1.165, 1.54) is 25.8 Å². The van der Waals surface area contributed by atoms with Crippen molar-refractivity contribution >= 4 is 29.9 Å². The molecule has 168 valence electrons. The summed E-state index contributed by atoms with van der Waals surface area (Å²) in [5, 5.41) is 3.48. The van der Waals surface area contributed by atoms with Crippen molar-refractivity contribution in [2.24, 2.45) is 16.8 Å². The number of nitrogens with zero attached hydrogens (tertiary/aromatic N) is 4. The monoisotopic (exact) mass is 529 g/mol. The molecule has 0 aromatic carbocycles. The zero-order chi connectivity index (χ0) is 19.9. The minimum absolute atomic E-state index is 0. The number of halogens is 1. The molecule has 3 heterocycles. The molecule has 1 unspecified atom stereocenters. The van der Waals surface area contributed by atoms with E-state index in [0.29, 0.717) is 12.5 Å². The Morgan fingerprint density at radius 1 is 1.23 bits per heavy atom. The third-order valence-electron chi connectivity index (χ3n) is 5.91. The number of nitrogens with one attached hydrogen (secondary N) is 1. The Morgan fingerprint density at radius 2 is 2.07 bits per heavy atom. The standard InChI is InChI=1S/C22H35N5O2.HI/c1-2-23-22(27-8-6-20(16-27)15-26-9-11-28-12-10-26)25-14-19-5-7-24-21(13-19)29-17-18-3-4-18;/h5,7,13,18,20H,2-4,6,8-12,14-17H2,1H3,(H,23,25);1H. The van der Waals surface area contributed by atoms with Crippen LogP contribution in [0.1, 0.15) is 31.7 Å². The third kappa shape index (κ3) is 7.23. The normalized spacial score (nSPS) is 22.6. The van der Waals surface area contributed by atoms with Gasteiger partial charge in [0.15, 0.2) is 5.96 Å². The van der Waals surface area contributed by atoms with Crippen LogP contribution in [0.3, 0.4) is 0 Å². The molecule has 2 saturated heterocycles. The Kier molecular flexibility index (Phi) is 9.45. The highest BCUT2D eigenvalue weighted by Crippen LogP contribution is 2.29. The van der Waals surface area contributed by atoms with Crippen molar-refractivity contribution in [2.45, 2.75) is 32.7 Å². The van der Waals surface area contributed by atoms with Gasteiger partial charge in [-0.05, 0) is 49.7 Å². The Morgan fingerprint density at radius 3 is 2.83 bits per heavy atom. The highest BCUT2D eigenvalue weighted by Gasteiger charge is 2.27. The van der Waals surface area contributed by atoms with Crippen LogP contribution in [0.15, 0.2) is 23.3 Å². The van der Waals surface area contributed by atoms with Crippen molar-refractivity contribution in [1.82, 2.24) is 20.1 Å². The smallest absolute Gasteiger partial charge is 0.213 e. The maximum Gasteiger partial charge on any atom is 0.213 e. The summed E-state index contributed by atoms with van der Waals surface area (Å²) in [5.41, 5.74) is 1.14. The number of hydrogen-bond donors (Lipinski definition) is 1. The van der Waals surface area contributed by atoms with E-state index < -0.39 is 0 Å². The van der Waals surface area contributed by atoms with E-state index in [0.717, 1.165) is 75.9 Å². The quantitative estimate of drug-likeness (QED) is 0.318. The molecular formula is C22H36IN5O2. The Hall–Kier alpha value is -1.13. The van der Waals surface area contributed by atoms with Crippen LogP contribution in [0.5, 0.6) is 5.88 Å². The second kappa shape index (κ2) is 12.0. The van der Waals surface area contributed by atoms with Gasteiger partial charge in [-0.3, -0.25) is 4.90 Å². The van der Waals surface area contributed by atoms with Gasteiger partial charge in [0, 0.05) is 51.5 Å². The van der Waals surface area contributed by atoms with Crippen molar-refractivity contribution in [1.29, 1.82) is 0 Å². The van der Waals surface area contributed by atoms with Crippen LogP contribution in [-0.4, -0.2) is 79.8 Å². The molecule has 3 fully saturated rings. The molecule has 0 bridgehead atoms. The molecule has 0 amide bonds. The number of ether oxygens (including phenoxy) is 2. The molecule has 0 spiro atoms. The zero-order valence-corrected chi connectivity index (χ0v) is 20.4. The average molecular weight is 529 g/mol. The van der Waals surface area contributed by atoms with Gasteiger partial charge in [0.05, 0.1) is 26.4 Å². The Labute approximate surface area is 197 Å². The number of pyridine rings is 1. The lowest BCUT2D eigenvalue weighted by molar-refractivity contribution is 0.0315. The van der Waals surface area contributed by atoms with E-state index >= 15 is 0 Å². The van der Waals surface area contributed by atoms with Crippen LogP contribution in [0.25, 0.3) is 0 Å². The maximum atomic E-state index is 5.81. The van der Waals surface area contributed by atoms with E-state index in [-0.39, 0.29) is 24.0 Å². The third-order valence-corrected chi connectivity index (χ3v) is 5.91. The van der Waals surface area contributed by atoms with Crippen molar-refractivity contribution < 1.29 is 9.47 Å². The second-order valence-electron chi connectivity index (χ2n) is 8.44. The minimum Gasteiger partial charge on any atom is -0.477 e. The molecule has 3 aliphatic rings. The fraction of sp³-hybridized carbons (Fsp3) is 0.727. The van der Waals surface area contributed by atoms with Crippen LogP contribution in [0.2, 0.25) is 0 Å². The molecule has 1 atom stereocenters. The second-order valence-corrected chi connectivity index (χ2v) is 8.44. The predicted molar refractivity (Wildman–Crippen MR) is 130 cm³/mol. The minimum atomic E-state index is 0. The van der Waals surface area contributed by atoms with Gasteiger partial charge >= 0.3 is 0 Å². The summed E-state index contributed by atoms with van der Waals surface area (Å²) in [6.45, 7) is 11.7. The topological polar surface area (TPSA) is 62.2 Å². The number of guanidine groups is 1. The fourth-order valence-electron chi connectivity index (χ4n) is 4.03. The van der Waals surface area contributed by atoms with Gasteiger partial charge in [-0.15, -0.1) is 24.0 Å². The number of likely N-dealkylation sites (tertiary alicyclic amines) is 1. The number of aliphatic imine (C=N–C) groups is 1. The van der Waals surface area contributed by atoms with Gasteiger partial charge in [-0.25, -0.2) is 9.98 Å². The summed E-state index contributed by atoms with van der Waals surface area (Å²) in [6.07, 6.45) is 5.64. The fourth-order valence-corrected chi connectivity index (χ4v) is 4.03. The van der Waals surface area contributed by atoms with Gasteiger partial charge in [0.25, 0.3) is 0 Å². The largest absolute Gasteiger partial charge is 0.477 e. The van der Waals surface area contributed by atoms with Gasteiger partial charge in [0.2, 0.25) is 5.88 Å². The van der Waals surface area contributed by atoms with E-state index in [9.17, 15) is 0 Å². The molecule has 4 rings (SSSR count). The first kappa shape index (κ1) is 23.5. The van der Waals surface area contributed by atoms with E-state index in [4.69, 9.17) is 14.5 Å². The molecule has 30 heavy (non-hydrogen) atoms. The highest BCUT2D eigenvalue weighted by atomic mass is 127. The van der Waals surface area contributed by atoms with Crippen molar-refractivity contribution in [3.63, 3.8) is 0 Å². The summed E-state index contributed by atoms with van der Waals surface area (Å²) in [5.74, 6) is 3.19. The molecule has 8 heteroatoms. The number of morpholine rings is 1. The number of rotatable bonds is 8. The van der Waals surface area contributed by atoms with Crippen LogP contribution >= 0.6 is 24.0 Å². The lowest BCUT2D eigenvalue weighted by Crippen LogP contribution is -2.42. The Balaban J connectivity index is 0.00000256. The van der Waals surface area contributed by atoms with Gasteiger partial charge < -0.3 is 19.7 Å². The van der Waals surface area contributed by atoms with Crippen LogP contribution < -0.4 is 10.1 Å². The first-order valence-corrected chi connectivity index (χ1v) is 11.2. The van der Waals surface area contributed by atoms with Gasteiger partial charge in [-0.2, -0.15) is 0 Å². The number of aromatic nitrogens is 1. The highest BCUT2D eigenvalue weighted by molar-refractivity contribution is 14.0. The van der Waals surface area contributed by atoms with Crippen molar-refractivity contribution in [2.75, 3.05) is 59.1 Å². The number of hydrogen-bond acceptors (Lipinski definition) is 5. The molecule has 1 aliphatic carbocycles. The van der Waals surface area contributed by atoms with Crippen LogP contribution in [0, 0.1) is 11.8 Å². The molecule has 0 radical (unpaired) electrons. The van der Waals surface area contributed by atoms with Gasteiger partial charge in [0.1, 0.15) is 0 Å². The molecule has 1 aromatic rings. The van der Waals surface area contributed by atoms with E-state index in [1.54, 1.807) is 0 Å². The first-order valence-electron chi connectivity index (χ1n) is 11.2. The molecule has 1 aromatic heterocycles. The van der Waals surface area contributed by atoms with E-state index in [2.05, 4.69) is 27.0 Å². The lowest BCUT2D eigenvalue weighted by Gasteiger charge is -2.29. The SMILES string of the molecule is CCNC(=NCc1ccnc(OCC2CC2)c1)N1CCC(CN2CCOCC2)C1.I. The molecule has 1 saturated carbocycles. The summed E-state index contributed by atoms with van der Waals surface area (Å²) in [4.78, 5) is 14.2. The lowest BCUT2D eigenvalue weighted by atomic mass is 10.1. The molecule has 1 N–H and O–H groups in total. The maximum absolute atomic E-state index is 5.81.